The van der Waals surface area contributed by atoms with Gasteiger partial charge in [0.25, 0.3) is 0 Å². The summed E-state index contributed by atoms with van der Waals surface area (Å²) in [5.74, 6) is 0.861. The van der Waals surface area contributed by atoms with E-state index in [-0.39, 0.29) is 5.82 Å². The van der Waals surface area contributed by atoms with Gasteiger partial charge in [0.2, 0.25) is 5.88 Å². The minimum atomic E-state index is -0.267. The van der Waals surface area contributed by atoms with E-state index >= 15 is 0 Å². The van der Waals surface area contributed by atoms with E-state index in [0.29, 0.717) is 11.6 Å². The number of ether oxygens (including phenoxy) is 1. The van der Waals surface area contributed by atoms with Gasteiger partial charge in [-0.2, -0.15) is 0 Å². The lowest BCUT2D eigenvalue weighted by molar-refractivity contribution is 0.456. The minimum absolute atomic E-state index is 0.267. The fourth-order valence-corrected chi connectivity index (χ4v) is 1.66. The number of nitrogens with zero attached hydrogens (tertiary/aromatic N) is 1. The average Bonchev–Trinajstić information content (AvgIpc) is 2.34. The van der Waals surface area contributed by atoms with E-state index < -0.39 is 0 Å². The van der Waals surface area contributed by atoms with Crippen LogP contribution < -0.4 is 10.1 Å². The molecule has 1 heterocycles. The van der Waals surface area contributed by atoms with Crippen molar-refractivity contribution in [3.63, 3.8) is 0 Å². The van der Waals surface area contributed by atoms with Gasteiger partial charge < -0.3 is 10.1 Å². The molecular weight excluding hydrogens is 231 g/mol. The Morgan fingerprint density at radius 2 is 2.11 bits per heavy atom. The van der Waals surface area contributed by atoms with Crippen molar-refractivity contribution in [2.45, 2.75) is 13.5 Å². The van der Waals surface area contributed by atoms with Gasteiger partial charge in [0.1, 0.15) is 11.6 Å². The van der Waals surface area contributed by atoms with Gasteiger partial charge in [-0.3, -0.25) is 0 Å². The first-order valence-electron chi connectivity index (χ1n) is 5.72. The van der Waals surface area contributed by atoms with Crippen molar-refractivity contribution in [3.05, 3.63) is 53.5 Å². The second kappa shape index (κ2) is 5.60. The van der Waals surface area contributed by atoms with Crippen molar-refractivity contribution < 1.29 is 9.13 Å². The monoisotopic (exact) mass is 246 g/mol. The molecule has 94 valence electrons. The first-order chi connectivity index (χ1) is 8.69. The molecule has 2 aromatic rings. The number of hydrogen-bond donors (Lipinski definition) is 1. The lowest BCUT2D eigenvalue weighted by Crippen LogP contribution is -2.05. The molecule has 0 saturated carbocycles. The summed E-state index contributed by atoms with van der Waals surface area (Å²) in [4.78, 5) is 4.14. The molecule has 0 radical (unpaired) electrons. The molecule has 4 heteroatoms. The molecule has 0 aliphatic rings. The number of pyridine rings is 1. The Hall–Kier alpha value is -1.94. The maximum Gasteiger partial charge on any atom is 0.219 e. The number of aryl methyl sites for hydroxylation is 1. The Morgan fingerprint density at radius 3 is 2.83 bits per heavy atom. The molecule has 0 aliphatic heterocycles. The third-order valence-electron chi connectivity index (χ3n) is 2.53. The molecule has 0 spiro atoms. The summed E-state index contributed by atoms with van der Waals surface area (Å²) in [5.41, 5.74) is 1.83. The summed E-state index contributed by atoms with van der Waals surface area (Å²) in [6.45, 7) is 2.55. The van der Waals surface area contributed by atoms with Gasteiger partial charge in [-0.15, -0.1) is 0 Å². The molecule has 1 aromatic carbocycles. The predicted octanol–water partition coefficient (Wildman–Crippen LogP) is 3.04. The van der Waals surface area contributed by atoms with E-state index in [4.69, 9.17) is 4.74 Å². The van der Waals surface area contributed by atoms with Crippen LogP contribution in [0.1, 0.15) is 11.1 Å². The molecule has 0 atom stereocenters. The smallest absolute Gasteiger partial charge is 0.219 e. The second-order valence-corrected chi connectivity index (χ2v) is 4.04. The van der Waals surface area contributed by atoms with Crippen LogP contribution in [0.15, 0.2) is 36.5 Å². The van der Waals surface area contributed by atoms with E-state index in [1.54, 1.807) is 19.2 Å². The third kappa shape index (κ3) is 3.05. The van der Waals surface area contributed by atoms with E-state index in [1.807, 2.05) is 19.2 Å². The number of hydrogen-bond acceptors (Lipinski definition) is 3. The molecule has 0 amide bonds. The maximum atomic E-state index is 13.0. The number of rotatable bonds is 4. The summed E-state index contributed by atoms with van der Waals surface area (Å²) in [7, 11) is 1.88. The fraction of sp³-hybridized carbons (Fsp3) is 0.214. The molecule has 0 fully saturated rings. The quantitative estimate of drug-likeness (QED) is 0.900. The summed E-state index contributed by atoms with van der Waals surface area (Å²) in [6, 6.07) is 8.20. The normalized spacial score (nSPS) is 10.4. The zero-order valence-electron chi connectivity index (χ0n) is 10.4. The lowest BCUT2D eigenvalue weighted by Gasteiger charge is -2.08. The van der Waals surface area contributed by atoms with Gasteiger partial charge in [-0.1, -0.05) is 0 Å². The molecule has 0 unspecified atom stereocenters. The Morgan fingerprint density at radius 1 is 1.28 bits per heavy atom. The first-order valence-corrected chi connectivity index (χ1v) is 5.72. The molecule has 0 aliphatic carbocycles. The largest absolute Gasteiger partial charge is 0.439 e. The van der Waals surface area contributed by atoms with Crippen LogP contribution >= 0.6 is 0 Å². The third-order valence-corrected chi connectivity index (χ3v) is 2.53. The minimum Gasteiger partial charge on any atom is -0.439 e. The number of aromatic nitrogens is 1. The highest BCUT2D eigenvalue weighted by molar-refractivity contribution is 5.36. The standard InChI is InChI=1S/C14H15FN2O/c1-10-7-12(15)3-4-13(10)18-14-8-11(9-16-2)5-6-17-14/h3-8,16H,9H2,1-2H3. The molecule has 3 nitrogen and oxygen atoms in total. The topological polar surface area (TPSA) is 34.2 Å². The highest BCUT2D eigenvalue weighted by Gasteiger charge is 2.04. The van der Waals surface area contributed by atoms with Crippen molar-refractivity contribution in [2.75, 3.05) is 7.05 Å². The van der Waals surface area contributed by atoms with Crippen LogP contribution in [0.2, 0.25) is 0 Å². The van der Waals surface area contributed by atoms with Crippen LogP contribution in [0, 0.1) is 12.7 Å². The van der Waals surface area contributed by atoms with Crippen molar-refractivity contribution in [1.82, 2.24) is 10.3 Å². The van der Waals surface area contributed by atoms with E-state index in [9.17, 15) is 4.39 Å². The molecule has 1 aromatic heterocycles. The summed E-state index contributed by atoms with van der Waals surface area (Å²) < 4.78 is 18.6. The average molecular weight is 246 g/mol. The van der Waals surface area contributed by atoms with E-state index in [1.165, 1.54) is 12.1 Å². The van der Waals surface area contributed by atoms with Crippen molar-refractivity contribution in [3.8, 4) is 11.6 Å². The van der Waals surface area contributed by atoms with E-state index in [0.717, 1.165) is 17.7 Å². The molecular formula is C14H15FN2O. The fourth-order valence-electron chi connectivity index (χ4n) is 1.66. The number of nitrogens with one attached hydrogen (secondary N) is 1. The van der Waals surface area contributed by atoms with Gasteiger partial charge in [-0.05, 0) is 49.4 Å². The van der Waals surface area contributed by atoms with Gasteiger partial charge in [0, 0.05) is 18.8 Å². The Kier molecular flexibility index (Phi) is 3.89. The van der Waals surface area contributed by atoms with Crippen molar-refractivity contribution in [2.24, 2.45) is 0 Å². The zero-order chi connectivity index (χ0) is 13.0. The van der Waals surface area contributed by atoms with Gasteiger partial charge in [0.15, 0.2) is 0 Å². The molecule has 1 N–H and O–H groups in total. The van der Waals surface area contributed by atoms with Crippen molar-refractivity contribution >= 4 is 0 Å². The van der Waals surface area contributed by atoms with Crippen LogP contribution in [-0.2, 0) is 6.54 Å². The van der Waals surface area contributed by atoms with Gasteiger partial charge in [0.05, 0.1) is 0 Å². The Bertz CT molecular complexity index is 543. The maximum absolute atomic E-state index is 13.0. The highest BCUT2D eigenvalue weighted by Crippen LogP contribution is 2.24. The van der Waals surface area contributed by atoms with Crippen molar-refractivity contribution in [1.29, 1.82) is 0 Å². The van der Waals surface area contributed by atoms with E-state index in [2.05, 4.69) is 10.3 Å². The molecule has 0 bridgehead atoms. The lowest BCUT2D eigenvalue weighted by atomic mass is 10.2. The van der Waals surface area contributed by atoms with Crippen LogP contribution in [-0.4, -0.2) is 12.0 Å². The summed E-state index contributed by atoms with van der Waals surface area (Å²) in [5, 5.41) is 3.06. The van der Waals surface area contributed by atoms with Crippen LogP contribution in [0.3, 0.4) is 0 Å². The Labute approximate surface area is 106 Å². The molecule has 2 rings (SSSR count). The van der Waals surface area contributed by atoms with Crippen LogP contribution in [0.5, 0.6) is 11.6 Å². The van der Waals surface area contributed by atoms with Crippen LogP contribution in [0.25, 0.3) is 0 Å². The first kappa shape index (κ1) is 12.5. The highest BCUT2D eigenvalue weighted by atomic mass is 19.1. The Balaban J connectivity index is 2.20. The molecule has 0 saturated heterocycles. The molecule has 18 heavy (non-hydrogen) atoms. The second-order valence-electron chi connectivity index (χ2n) is 4.04. The van der Waals surface area contributed by atoms with Crippen LogP contribution in [0.4, 0.5) is 4.39 Å². The summed E-state index contributed by atoms with van der Waals surface area (Å²) in [6.07, 6.45) is 1.70. The van der Waals surface area contributed by atoms with Gasteiger partial charge >= 0.3 is 0 Å². The SMILES string of the molecule is CNCc1ccnc(Oc2ccc(F)cc2C)c1. The summed E-state index contributed by atoms with van der Waals surface area (Å²) >= 11 is 0. The number of benzene rings is 1. The number of halogens is 1. The zero-order valence-corrected chi connectivity index (χ0v) is 10.4. The predicted molar refractivity (Wildman–Crippen MR) is 68.2 cm³/mol. The van der Waals surface area contributed by atoms with Gasteiger partial charge in [-0.25, -0.2) is 9.37 Å².